The van der Waals surface area contributed by atoms with Crippen LogP contribution in [0.25, 0.3) is 0 Å². The molecule has 0 aliphatic carbocycles. The number of rotatable bonds is 8. The van der Waals surface area contributed by atoms with Gasteiger partial charge in [-0.25, -0.2) is 0 Å². The Hall–Kier alpha value is -2.63. The molecule has 0 radical (unpaired) electrons. The van der Waals surface area contributed by atoms with Gasteiger partial charge in [-0.05, 0) is 29.3 Å². The number of nitrogens with one attached hydrogen (secondary N) is 2. The van der Waals surface area contributed by atoms with Gasteiger partial charge in [-0.15, -0.1) is 0 Å². The molecular weight excluding hydrogens is 302 g/mol. The Labute approximate surface area is 141 Å². The Morgan fingerprint density at radius 1 is 1.08 bits per heavy atom. The molecule has 24 heavy (non-hydrogen) atoms. The van der Waals surface area contributed by atoms with Crippen molar-refractivity contribution in [2.75, 3.05) is 6.54 Å². The van der Waals surface area contributed by atoms with Crippen LogP contribution in [0.5, 0.6) is 5.75 Å². The van der Waals surface area contributed by atoms with Crippen LogP contribution in [0.4, 0.5) is 0 Å². The fraction of sp³-hybridized carbons (Fsp3) is 0.211. The first-order valence-electron chi connectivity index (χ1n) is 7.95. The summed E-state index contributed by atoms with van der Waals surface area (Å²) in [4.78, 5) is 0. The summed E-state index contributed by atoms with van der Waals surface area (Å²) in [6.07, 6.45) is 1.12. The Kier molecular flexibility index (Phi) is 5.61. The van der Waals surface area contributed by atoms with Gasteiger partial charge in [-0.1, -0.05) is 42.5 Å². The molecule has 0 aliphatic heterocycles. The van der Waals surface area contributed by atoms with Crippen LogP contribution in [0.15, 0.2) is 66.9 Å². The molecule has 3 aromatic rings. The molecule has 0 saturated heterocycles. The third-order valence-electron chi connectivity index (χ3n) is 3.70. The molecule has 0 spiro atoms. The molecule has 2 aromatic carbocycles. The number of benzene rings is 2. The molecular formula is C19H21N3O2. The minimum atomic E-state index is -0.590. The fourth-order valence-corrected chi connectivity index (χ4v) is 2.40. The van der Waals surface area contributed by atoms with Gasteiger partial charge in [0, 0.05) is 25.0 Å². The molecule has 124 valence electrons. The van der Waals surface area contributed by atoms with E-state index in [1.54, 1.807) is 6.20 Å². The summed E-state index contributed by atoms with van der Waals surface area (Å²) in [5, 5.41) is 20.3. The van der Waals surface area contributed by atoms with Crippen molar-refractivity contribution in [1.29, 1.82) is 0 Å². The topological polar surface area (TPSA) is 70.2 Å². The summed E-state index contributed by atoms with van der Waals surface area (Å²) in [6, 6.07) is 19.5. The Morgan fingerprint density at radius 3 is 2.75 bits per heavy atom. The second-order valence-electron chi connectivity index (χ2n) is 5.58. The van der Waals surface area contributed by atoms with Gasteiger partial charge in [0.25, 0.3) is 0 Å². The number of ether oxygens (including phenoxy) is 1. The number of aromatic amines is 1. The zero-order chi connectivity index (χ0) is 16.6. The molecule has 1 heterocycles. The van der Waals surface area contributed by atoms with Crippen molar-refractivity contribution in [3.8, 4) is 5.75 Å². The molecule has 0 saturated carbocycles. The van der Waals surface area contributed by atoms with Crippen LogP contribution < -0.4 is 10.1 Å². The SMILES string of the molecule is OC(CNCc1ccn[nH]1)c1cccc(OCc2ccccc2)c1. The molecule has 5 heteroatoms. The van der Waals surface area contributed by atoms with E-state index in [1.807, 2.05) is 60.7 Å². The second-order valence-corrected chi connectivity index (χ2v) is 5.58. The van der Waals surface area contributed by atoms with E-state index in [-0.39, 0.29) is 0 Å². The monoisotopic (exact) mass is 323 g/mol. The average molecular weight is 323 g/mol. The first-order chi connectivity index (χ1) is 11.8. The highest BCUT2D eigenvalue weighted by molar-refractivity contribution is 5.30. The zero-order valence-electron chi connectivity index (χ0n) is 13.4. The minimum absolute atomic E-state index is 0.459. The Balaban J connectivity index is 1.52. The lowest BCUT2D eigenvalue weighted by molar-refractivity contribution is 0.173. The molecule has 1 atom stereocenters. The molecule has 3 rings (SSSR count). The summed E-state index contributed by atoms with van der Waals surface area (Å²) in [7, 11) is 0. The van der Waals surface area contributed by atoms with Crippen molar-refractivity contribution < 1.29 is 9.84 Å². The molecule has 0 bridgehead atoms. The molecule has 1 unspecified atom stereocenters. The summed E-state index contributed by atoms with van der Waals surface area (Å²) < 4.78 is 5.80. The number of hydrogen-bond acceptors (Lipinski definition) is 4. The van der Waals surface area contributed by atoms with E-state index >= 15 is 0 Å². The van der Waals surface area contributed by atoms with Gasteiger partial charge in [0.15, 0.2) is 0 Å². The summed E-state index contributed by atoms with van der Waals surface area (Å²) in [5.74, 6) is 0.754. The van der Waals surface area contributed by atoms with Gasteiger partial charge < -0.3 is 15.2 Å². The van der Waals surface area contributed by atoms with E-state index in [9.17, 15) is 5.11 Å². The maximum absolute atomic E-state index is 10.3. The van der Waals surface area contributed by atoms with E-state index in [2.05, 4.69) is 15.5 Å². The predicted molar refractivity (Wildman–Crippen MR) is 92.5 cm³/mol. The van der Waals surface area contributed by atoms with Gasteiger partial charge in [0.1, 0.15) is 12.4 Å². The predicted octanol–water partition coefficient (Wildman–Crippen LogP) is 2.81. The second kappa shape index (κ2) is 8.29. The lowest BCUT2D eigenvalue weighted by Gasteiger charge is -2.13. The Morgan fingerprint density at radius 2 is 1.96 bits per heavy atom. The van der Waals surface area contributed by atoms with E-state index in [0.717, 1.165) is 22.6 Å². The van der Waals surface area contributed by atoms with Gasteiger partial charge in [-0.2, -0.15) is 5.10 Å². The Bertz CT molecular complexity index is 729. The van der Waals surface area contributed by atoms with Crippen LogP contribution in [-0.2, 0) is 13.2 Å². The third kappa shape index (κ3) is 4.68. The van der Waals surface area contributed by atoms with E-state index in [1.165, 1.54) is 0 Å². The van der Waals surface area contributed by atoms with Crippen molar-refractivity contribution in [1.82, 2.24) is 15.5 Å². The van der Waals surface area contributed by atoms with Gasteiger partial charge in [-0.3, -0.25) is 5.10 Å². The smallest absolute Gasteiger partial charge is 0.120 e. The highest BCUT2D eigenvalue weighted by atomic mass is 16.5. The first-order valence-corrected chi connectivity index (χ1v) is 7.95. The van der Waals surface area contributed by atoms with Crippen LogP contribution in [0.1, 0.15) is 22.9 Å². The van der Waals surface area contributed by atoms with Crippen LogP contribution in [0.3, 0.4) is 0 Å². The number of aromatic nitrogens is 2. The average Bonchev–Trinajstić information content (AvgIpc) is 3.14. The van der Waals surface area contributed by atoms with Gasteiger partial charge in [0.2, 0.25) is 0 Å². The number of aliphatic hydroxyl groups excluding tert-OH is 1. The van der Waals surface area contributed by atoms with Crippen molar-refractivity contribution in [3.63, 3.8) is 0 Å². The van der Waals surface area contributed by atoms with E-state index < -0.39 is 6.10 Å². The zero-order valence-corrected chi connectivity index (χ0v) is 13.4. The van der Waals surface area contributed by atoms with E-state index in [0.29, 0.717) is 19.7 Å². The third-order valence-corrected chi connectivity index (χ3v) is 3.70. The van der Waals surface area contributed by atoms with E-state index in [4.69, 9.17) is 4.74 Å². The van der Waals surface area contributed by atoms with Crippen molar-refractivity contribution >= 4 is 0 Å². The summed E-state index contributed by atoms with van der Waals surface area (Å²) in [5.41, 5.74) is 2.93. The van der Waals surface area contributed by atoms with Crippen molar-refractivity contribution in [3.05, 3.63) is 83.7 Å². The van der Waals surface area contributed by atoms with Crippen molar-refractivity contribution in [2.45, 2.75) is 19.3 Å². The van der Waals surface area contributed by atoms with Gasteiger partial charge >= 0.3 is 0 Å². The number of nitrogens with zero attached hydrogens (tertiary/aromatic N) is 1. The molecule has 0 fully saturated rings. The fourth-order valence-electron chi connectivity index (χ4n) is 2.40. The number of H-pyrrole nitrogens is 1. The summed E-state index contributed by atoms with van der Waals surface area (Å²) in [6.45, 7) is 1.61. The van der Waals surface area contributed by atoms with Crippen molar-refractivity contribution in [2.24, 2.45) is 0 Å². The van der Waals surface area contributed by atoms with Gasteiger partial charge in [0.05, 0.1) is 6.10 Å². The maximum Gasteiger partial charge on any atom is 0.120 e. The molecule has 0 aliphatic rings. The standard InChI is InChI=1S/C19H21N3O2/c23-19(13-20-12-17-9-10-21-22-17)16-7-4-8-18(11-16)24-14-15-5-2-1-3-6-15/h1-11,19-20,23H,12-14H2,(H,21,22). The van der Waals surface area contributed by atoms with Crippen LogP contribution in [0, 0.1) is 0 Å². The highest BCUT2D eigenvalue weighted by Crippen LogP contribution is 2.20. The largest absolute Gasteiger partial charge is 0.489 e. The maximum atomic E-state index is 10.3. The molecule has 0 amide bonds. The lowest BCUT2D eigenvalue weighted by atomic mass is 10.1. The number of hydrogen-bond donors (Lipinski definition) is 3. The van der Waals surface area contributed by atoms with Crippen LogP contribution >= 0.6 is 0 Å². The summed E-state index contributed by atoms with van der Waals surface area (Å²) >= 11 is 0. The molecule has 1 aromatic heterocycles. The van der Waals surface area contributed by atoms with Crippen LogP contribution in [-0.4, -0.2) is 21.8 Å². The highest BCUT2D eigenvalue weighted by Gasteiger charge is 2.08. The number of aliphatic hydroxyl groups is 1. The first kappa shape index (κ1) is 16.2. The lowest BCUT2D eigenvalue weighted by Crippen LogP contribution is -2.21. The molecule has 3 N–H and O–H groups in total. The van der Waals surface area contributed by atoms with Crippen LogP contribution in [0.2, 0.25) is 0 Å². The molecule has 5 nitrogen and oxygen atoms in total. The quantitative estimate of drug-likeness (QED) is 0.596. The normalized spacial score (nSPS) is 12.0. The minimum Gasteiger partial charge on any atom is -0.489 e.